The van der Waals surface area contributed by atoms with E-state index in [9.17, 15) is 4.79 Å². The van der Waals surface area contributed by atoms with E-state index in [2.05, 4.69) is 0 Å². The maximum absolute atomic E-state index is 10.9. The molecule has 0 fully saturated rings. The second kappa shape index (κ2) is 4.14. The number of ether oxygens (including phenoxy) is 1. The van der Waals surface area contributed by atoms with E-state index in [0.29, 0.717) is 22.9 Å². The first kappa shape index (κ1) is 9.86. The van der Waals surface area contributed by atoms with Crippen LogP contribution in [0.3, 0.4) is 0 Å². The summed E-state index contributed by atoms with van der Waals surface area (Å²) in [5.41, 5.74) is 6.01. The number of hydrogen-bond donors (Lipinski definition) is 1. The third-order valence-corrected chi connectivity index (χ3v) is 1.76. The molecule has 13 heavy (non-hydrogen) atoms. The Bertz CT molecular complexity index is 325. The van der Waals surface area contributed by atoms with Crippen molar-refractivity contribution in [3.8, 4) is 5.75 Å². The van der Waals surface area contributed by atoms with Crippen molar-refractivity contribution in [3.63, 3.8) is 0 Å². The number of benzene rings is 1. The zero-order valence-corrected chi connectivity index (χ0v) is 7.97. The first-order chi connectivity index (χ1) is 6.13. The SMILES string of the molecule is CCC(=O)Oc1ccc(N)cc1Cl. The number of nitrogens with two attached hydrogens (primary N) is 1. The molecule has 0 aliphatic heterocycles. The van der Waals surface area contributed by atoms with Crippen molar-refractivity contribution < 1.29 is 9.53 Å². The molecule has 0 saturated carbocycles. The van der Waals surface area contributed by atoms with Crippen LogP contribution in [0.4, 0.5) is 5.69 Å². The van der Waals surface area contributed by atoms with Crippen LogP contribution in [0.5, 0.6) is 5.75 Å². The lowest BCUT2D eigenvalue weighted by atomic mass is 10.3. The van der Waals surface area contributed by atoms with Gasteiger partial charge in [-0.1, -0.05) is 18.5 Å². The zero-order chi connectivity index (χ0) is 9.84. The highest BCUT2D eigenvalue weighted by Crippen LogP contribution is 2.26. The van der Waals surface area contributed by atoms with Crippen molar-refractivity contribution in [3.05, 3.63) is 23.2 Å². The van der Waals surface area contributed by atoms with Crippen molar-refractivity contribution in [1.29, 1.82) is 0 Å². The summed E-state index contributed by atoms with van der Waals surface area (Å²) in [5, 5.41) is 0.349. The maximum atomic E-state index is 10.9. The lowest BCUT2D eigenvalue weighted by Crippen LogP contribution is -2.05. The van der Waals surface area contributed by atoms with E-state index < -0.39 is 0 Å². The van der Waals surface area contributed by atoms with Gasteiger partial charge in [-0.15, -0.1) is 0 Å². The molecule has 1 aromatic carbocycles. The predicted octanol–water partition coefficient (Wildman–Crippen LogP) is 2.24. The molecular weight excluding hydrogens is 190 g/mol. The van der Waals surface area contributed by atoms with E-state index in [1.165, 1.54) is 0 Å². The molecule has 4 heteroatoms. The Morgan fingerprint density at radius 2 is 2.31 bits per heavy atom. The highest BCUT2D eigenvalue weighted by Gasteiger charge is 2.05. The van der Waals surface area contributed by atoms with Gasteiger partial charge in [0.25, 0.3) is 0 Å². The van der Waals surface area contributed by atoms with Crippen LogP contribution >= 0.6 is 11.6 Å². The molecule has 70 valence electrons. The van der Waals surface area contributed by atoms with Gasteiger partial charge in [0.05, 0.1) is 5.02 Å². The molecule has 2 N–H and O–H groups in total. The van der Waals surface area contributed by atoms with Gasteiger partial charge in [-0.05, 0) is 18.2 Å². The summed E-state index contributed by atoms with van der Waals surface area (Å²) < 4.78 is 4.92. The molecule has 0 aromatic heterocycles. The maximum Gasteiger partial charge on any atom is 0.310 e. The average molecular weight is 200 g/mol. The molecule has 0 atom stereocenters. The normalized spacial score (nSPS) is 9.69. The van der Waals surface area contributed by atoms with Gasteiger partial charge in [-0.25, -0.2) is 0 Å². The van der Waals surface area contributed by atoms with Crippen LogP contribution in [0, 0.1) is 0 Å². The van der Waals surface area contributed by atoms with Crippen LogP contribution in [-0.2, 0) is 4.79 Å². The van der Waals surface area contributed by atoms with Gasteiger partial charge in [0, 0.05) is 12.1 Å². The van der Waals surface area contributed by atoms with E-state index in [0.717, 1.165) is 0 Å². The number of halogens is 1. The Balaban J connectivity index is 2.83. The summed E-state index contributed by atoms with van der Waals surface area (Å²) in [6.45, 7) is 1.72. The smallest absolute Gasteiger partial charge is 0.310 e. The molecule has 0 aliphatic rings. The van der Waals surface area contributed by atoms with Gasteiger partial charge in [0.1, 0.15) is 5.75 Å². The second-order valence-electron chi connectivity index (χ2n) is 2.52. The molecule has 0 heterocycles. The fourth-order valence-corrected chi connectivity index (χ4v) is 1.02. The monoisotopic (exact) mass is 199 g/mol. The van der Waals surface area contributed by atoms with E-state index in [4.69, 9.17) is 22.1 Å². The quantitative estimate of drug-likeness (QED) is 0.452. The summed E-state index contributed by atoms with van der Waals surface area (Å²) in [6.07, 6.45) is 0.320. The largest absolute Gasteiger partial charge is 0.425 e. The standard InChI is InChI=1S/C9H10ClNO2/c1-2-9(12)13-8-4-3-6(11)5-7(8)10/h3-5H,2,11H2,1H3. The number of nitrogen functional groups attached to an aromatic ring is 1. The molecule has 0 saturated heterocycles. The van der Waals surface area contributed by atoms with E-state index in [1.807, 2.05) is 0 Å². The average Bonchev–Trinajstić information content (AvgIpc) is 2.09. The van der Waals surface area contributed by atoms with E-state index in [1.54, 1.807) is 25.1 Å². The Morgan fingerprint density at radius 3 is 2.85 bits per heavy atom. The molecule has 1 aromatic rings. The van der Waals surface area contributed by atoms with Crippen LogP contribution in [0.2, 0.25) is 5.02 Å². The Labute approximate surface area is 81.4 Å². The number of hydrogen-bond acceptors (Lipinski definition) is 3. The lowest BCUT2D eigenvalue weighted by molar-refractivity contribution is -0.134. The van der Waals surface area contributed by atoms with Crippen molar-refractivity contribution in [2.45, 2.75) is 13.3 Å². The van der Waals surface area contributed by atoms with Crippen LogP contribution < -0.4 is 10.5 Å². The van der Waals surface area contributed by atoms with Gasteiger partial charge in [-0.2, -0.15) is 0 Å². The first-order valence-corrected chi connectivity index (χ1v) is 4.27. The number of esters is 1. The number of rotatable bonds is 2. The summed E-state index contributed by atoms with van der Waals surface area (Å²) in [4.78, 5) is 10.9. The fraction of sp³-hybridized carbons (Fsp3) is 0.222. The molecular formula is C9H10ClNO2. The third kappa shape index (κ3) is 2.63. The highest BCUT2D eigenvalue weighted by atomic mass is 35.5. The van der Waals surface area contributed by atoms with Crippen LogP contribution in [-0.4, -0.2) is 5.97 Å². The van der Waals surface area contributed by atoms with Crippen molar-refractivity contribution in [2.75, 3.05) is 5.73 Å². The molecule has 0 unspecified atom stereocenters. The molecule has 0 amide bonds. The highest BCUT2D eigenvalue weighted by molar-refractivity contribution is 6.32. The molecule has 3 nitrogen and oxygen atoms in total. The van der Waals surface area contributed by atoms with Gasteiger partial charge >= 0.3 is 5.97 Å². The van der Waals surface area contributed by atoms with Gasteiger partial charge in [0.2, 0.25) is 0 Å². The van der Waals surface area contributed by atoms with Crippen molar-refractivity contribution in [2.24, 2.45) is 0 Å². The van der Waals surface area contributed by atoms with E-state index in [-0.39, 0.29) is 5.97 Å². The number of anilines is 1. The van der Waals surface area contributed by atoms with Crippen molar-refractivity contribution in [1.82, 2.24) is 0 Å². The first-order valence-electron chi connectivity index (χ1n) is 3.89. The molecule has 1 rings (SSSR count). The minimum atomic E-state index is -0.313. The minimum Gasteiger partial charge on any atom is -0.425 e. The van der Waals surface area contributed by atoms with Crippen LogP contribution in [0.15, 0.2) is 18.2 Å². The van der Waals surface area contributed by atoms with E-state index >= 15 is 0 Å². The second-order valence-corrected chi connectivity index (χ2v) is 2.92. The minimum absolute atomic E-state index is 0.313. The summed E-state index contributed by atoms with van der Waals surface area (Å²) >= 11 is 5.77. The van der Waals surface area contributed by atoms with Crippen LogP contribution in [0.25, 0.3) is 0 Å². The Kier molecular flexibility index (Phi) is 3.14. The molecule has 0 aliphatic carbocycles. The van der Waals surface area contributed by atoms with Gasteiger partial charge in [-0.3, -0.25) is 4.79 Å². The zero-order valence-electron chi connectivity index (χ0n) is 7.21. The Hall–Kier alpha value is -1.22. The molecule has 0 bridgehead atoms. The van der Waals surface area contributed by atoms with Gasteiger partial charge in [0.15, 0.2) is 0 Å². The fourth-order valence-electron chi connectivity index (χ4n) is 0.795. The number of carbonyl (C=O) groups is 1. The Morgan fingerprint density at radius 1 is 1.62 bits per heavy atom. The van der Waals surface area contributed by atoms with Crippen molar-refractivity contribution >= 4 is 23.3 Å². The van der Waals surface area contributed by atoms with Crippen LogP contribution in [0.1, 0.15) is 13.3 Å². The topological polar surface area (TPSA) is 52.3 Å². The number of carbonyl (C=O) groups excluding carboxylic acids is 1. The lowest BCUT2D eigenvalue weighted by Gasteiger charge is -2.04. The summed E-state index contributed by atoms with van der Waals surface area (Å²) in [7, 11) is 0. The third-order valence-electron chi connectivity index (χ3n) is 1.47. The summed E-state index contributed by atoms with van der Waals surface area (Å²) in [5.74, 6) is 0.0365. The molecule has 0 spiro atoms. The molecule has 0 radical (unpaired) electrons. The predicted molar refractivity (Wildman–Crippen MR) is 51.8 cm³/mol. The summed E-state index contributed by atoms with van der Waals surface area (Å²) in [6, 6.07) is 4.75. The van der Waals surface area contributed by atoms with Gasteiger partial charge < -0.3 is 10.5 Å².